The summed E-state index contributed by atoms with van der Waals surface area (Å²) in [5, 5.41) is 1.35. The Morgan fingerprint density at radius 2 is 1.80 bits per heavy atom. The zero-order chi connectivity index (χ0) is 13.7. The maximum atomic E-state index is 4.83. The first-order valence-electron chi connectivity index (χ1n) is 7.47. The minimum atomic E-state index is 0.872. The van der Waals surface area contributed by atoms with Crippen molar-refractivity contribution in [2.24, 2.45) is 9.98 Å². The average molecular weight is 265 g/mol. The van der Waals surface area contributed by atoms with Crippen LogP contribution >= 0.6 is 0 Å². The number of aromatic nitrogens is 1. The Labute approximate surface area is 118 Å². The van der Waals surface area contributed by atoms with E-state index < -0.39 is 0 Å². The molecular formula is C17H19N3. The summed E-state index contributed by atoms with van der Waals surface area (Å²) in [5.74, 6) is 0. The van der Waals surface area contributed by atoms with Crippen molar-refractivity contribution in [3.63, 3.8) is 0 Å². The van der Waals surface area contributed by atoms with E-state index in [-0.39, 0.29) is 0 Å². The van der Waals surface area contributed by atoms with E-state index in [1.807, 2.05) is 0 Å². The van der Waals surface area contributed by atoms with E-state index in [0.29, 0.717) is 0 Å². The summed E-state index contributed by atoms with van der Waals surface area (Å²) in [6, 6.07) is 4.35. The van der Waals surface area contributed by atoms with E-state index in [1.165, 1.54) is 47.8 Å². The average Bonchev–Trinajstić information content (AvgIpc) is 2.72. The molecule has 2 aliphatic rings. The summed E-state index contributed by atoms with van der Waals surface area (Å²) in [6.45, 7) is 4.17. The van der Waals surface area contributed by atoms with Crippen LogP contribution in [0.2, 0.25) is 0 Å². The second kappa shape index (κ2) is 4.30. The predicted octanol–water partition coefficient (Wildman–Crippen LogP) is 4.64. The molecule has 4 rings (SSSR count). The Kier molecular flexibility index (Phi) is 2.56. The second-order valence-corrected chi connectivity index (χ2v) is 6.02. The van der Waals surface area contributed by atoms with Gasteiger partial charge in [-0.15, -0.1) is 0 Å². The van der Waals surface area contributed by atoms with Crippen LogP contribution in [-0.2, 0) is 12.8 Å². The Hall–Kier alpha value is -1.90. The number of fused-ring (bicyclic) bond motifs is 5. The summed E-state index contributed by atoms with van der Waals surface area (Å²) >= 11 is 0. The predicted molar refractivity (Wildman–Crippen MR) is 85.1 cm³/mol. The van der Waals surface area contributed by atoms with E-state index in [9.17, 15) is 0 Å². The number of hydrogen-bond donors (Lipinski definition) is 1. The number of nitrogens with zero attached hydrogens (tertiary/aromatic N) is 2. The zero-order valence-corrected chi connectivity index (χ0v) is 12.1. The first kappa shape index (κ1) is 11.9. The Morgan fingerprint density at radius 1 is 1.00 bits per heavy atom. The number of aliphatic imine (C=N–C) groups is 2. The number of hydrogen-bond acceptors (Lipinski definition) is 2. The standard InChI is InChI=1S/C17H19N3/c1-10-9-11(2)19-17-15(18-10)8-7-13-12-5-3-4-6-14(12)20-16(13)17/h7-8,20H,3-6,9H2,1-2H3. The van der Waals surface area contributed by atoms with Crippen molar-refractivity contribution in [1.29, 1.82) is 0 Å². The fraction of sp³-hybridized carbons (Fsp3) is 0.412. The van der Waals surface area contributed by atoms with Gasteiger partial charge in [-0.05, 0) is 51.2 Å². The van der Waals surface area contributed by atoms with Crippen LogP contribution in [0.15, 0.2) is 22.1 Å². The van der Waals surface area contributed by atoms with Crippen LogP contribution in [0, 0.1) is 0 Å². The topological polar surface area (TPSA) is 40.5 Å². The summed E-state index contributed by atoms with van der Waals surface area (Å²) in [4.78, 5) is 13.2. The van der Waals surface area contributed by atoms with Gasteiger partial charge in [-0.1, -0.05) is 6.07 Å². The van der Waals surface area contributed by atoms with Gasteiger partial charge in [0.25, 0.3) is 0 Å². The number of rotatable bonds is 0. The molecule has 1 aliphatic heterocycles. The van der Waals surface area contributed by atoms with E-state index in [2.05, 4.69) is 31.0 Å². The summed E-state index contributed by atoms with van der Waals surface area (Å²) in [5.41, 5.74) is 8.43. The summed E-state index contributed by atoms with van der Waals surface area (Å²) in [6.07, 6.45) is 5.83. The van der Waals surface area contributed by atoms with Gasteiger partial charge < -0.3 is 4.98 Å². The minimum Gasteiger partial charge on any atom is -0.356 e. The van der Waals surface area contributed by atoms with Gasteiger partial charge in [0.2, 0.25) is 0 Å². The zero-order valence-electron chi connectivity index (χ0n) is 12.1. The monoisotopic (exact) mass is 265 g/mol. The highest BCUT2D eigenvalue weighted by Crippen LogP contribution is 2.41. The van der Waals surface area contributed by atoms with E-state index >= 15 is 0 Å². The van der Waals surface area contributed by atoms with Crippen molar-refractivity contribution in [3.8, 4) is 0 Å². The molecule has 0 spiro atoms. The number of aromatic amines is 1. The maximum Gasteiger partial charge on any atom is 0.113 e. The number of nitrogens with one attached hydrogen (secondary N) is 1. The molecule has 0 saturated heterocycles. The Bertz CT molecular complexity index is 762. The van der Waals surface area contributed by atoms with Gasteiger partial charge in [0.1, 0.15) is 5.69 Å². The minimum absolute atomic E-state index is 0.872. The largest absolute Gasteiger partial charge is 0.356 e. The fourth-order valence-corrected chi connectivity index (χ4v) is 3.50. The van der Waals surface area contributed by atoms with Crippen LogP contribution in [0.1, 0.15) is 44.4 Å². The lowest BCUT2D eigenvalue weighted by Crippen LogP contribution is -1.99. The fourth-order valence-electron chi connectivity index (χ4n) is 3.50. The number of H-pyrrole nitrogens is 1. The van der Waals surface area contributed by atoms with Crippen molar-refractivity contribution in [3.05, 3.63) is 23.4 Å². The third-order valence-corrected chi connectivity index (χ3v) is 4.35. The molecule has 1 aromatic carbocycles. The molecular weight excluding hydrogens is 246 g/mol. The van der Waals surface area contributed by atoms with Crippen LogP contribution in [0.3, 0.4) is 0 Å². The Balaban J connectivity index is 2.05. The summed E-state index contributed by atoms with van der Waals surface area (Å²) in [7, 11) is 0. The van der Waals surface area contributed by atoms with Crippen LogP contribution in [0.4, 0.5) is 11.4 Å². The van der Waals surface area contributed by atoms with Crippen LogP contribution in [0.5, 0.6) is 0 Å². The number of aryl methyl sites for hydroxylation is 2. The van der Waals surface area contributed by atoms with Crippen LogP contribution in [0.25, 0.3) is 10.9 Å². The molecule has 0 saturated carbocycles. The van der Waals surface area contributed by atoms with Gasteiger partial charge in [0.15, 0.2) is 0 Å². The first-order valence-corrected chi connectivity index (χ1v) is 7.47. The second-order valence-electron chi connectivity index (χ2n) is 6.02. The lowest BCUT2D eigenvalue weighted by atomic mass is 9.95. The highest BCUT2D eigenvalue weighted by molar-refractivity contribution is 6.10. The molecule has 2 aromatic rings. The van der Waals surface area contributed by atoms with Crippen molar-refractivity contribution in [1.82, 2.24) is 4.98 Å². The third-order valence-electron chi connectivity index (χ3n) is 4.35. The first-order chi connectivity index (χ1) is 9.72. The van der Waals surface area contributed by atoms with Gasteiger partial charge in [0.05, 0.1) is 11.2 Å². The quantitative estimate of drug-likeness (QED) is 0.721. The molecule has 3 nitrogen and oxygen atoms in total. The van der Waals surface area contributed by atoms with E-state index in [1.54, 1.807) is 0 Å². The third kappa shape index (κ3) is 1.73. The van der Waals surface area contributed by atoms with E-state index in [4.69, 9.17) is 9.98 Å². The molecule has 2 heterocycles. The van der Waals surface area contributed by atoms with Gasteiger partial charge in [0, 0.05) is 28.9 Å². The molecule has 0 radical (unpaired) electrons. The van der Waals surface area contributed by atoms with Crippen LogP contribution in [-0.4, -0.2) is 16.4 Å². The SMILES string of the molecule is CC1=Nc2ccc3c4c([nH]c3c2N=C(C)C1)CCCC4. The molecule has 0 atom stereocenters. The van der Waals surface area contributed by atoms with Gasteiger partial charge >= 0.3 is 0 Å². The molecule has 0 fully saturated rings. The Morgan fingerprint density at radius 3 is 2.70 bits per heavy atom. The molecule has 1 aliphatic carbocycles. The van der Waals surface area contributed by atoms with Crippen molar-refractivity contribution in [2.45, 2.75) is 46.0 Å². The maximum absolute atomic E-state index is 4.83. The smallest absolute Gasteiger partial charge is 0.113 e. The molecule has 1 aromatic heterocycles. The number of benzene rings is 1. The van der Waals surface area contributed by atoms with Crippen LogP contribution < -0.4 is 0 Å². The summed E-state index contributed by atoms with van der Waals surface area (Å²) < 4.78 is 0. The lowest BCUT2D eigenvalue weighted by molar-refractivity contribution is 0.680. The van der Waals surface area contributed by atoms with Crippen molar-refractivity contribution in [2.75, 3.05) is 0 Å². The molecule has 0 unspecified atom stereocenters. The van der Waals surface area contributed by atoms with Crippen molar-refractivity contribution >= 4 is 33.7 Å². The molecule has 3 heteroatoms. The van der Waals surface area contributed by atoms with E-state index in [0.717, 1.165) is 29.2 Å². The van der Waals surface area contributed by atoms with Gasteiger partial charge in [-0.25, -0.2) is 0 Å². The molecule has 0 amide bonds. The van der Waals surface area contributed by atoms with Gasteiger partial charge in [-0.3, -0.25) is 9.98 Å². The molecule has 1 N–H and O–H groups in total. The lowest BCUT2D eigenvalue weighted by Gasteiger charge is -2.10. The molecule has 0 bridgehead atoms. The highest BCUT2D eigenvalue weighted by atomic mass is 14.9. The normalized spacial score (nSPS) is 18.1. The highest BCUT2D eigenvalue weighted by Gasteiger charge is 2.19. The van der Waals surface area contributed by atoms with Gasteiger partial charge in [-0.2, -0.15) is 0 Å². The van der Waals surface area contributed by atoms with Crippen molar-refractivity contribution < 1.29 is 0 Å². The molecule has 20 heavy (non-hydrogen) atoms. The molecule has 102 valence electrons.